The van der Waals surface area contributed by atoms with Crippen molar-refractivity contribution in [3.8, 4) is 0 Å². The molecule has 0 aromatic carbocycles. The average molecular weight is 217 g/mol. The molecule has 1 heterocycles. The third-order valence-corrected chi connectivity index (χ3v) is 2.29. The number of nitrogens with zero attached hydrogens (tertiary/aromatic N) is 1. The first-order valence-corrected chi connectivity index (χ1v) is 5.60. The van der Waals surface area contributed by atoms with Gasteiger partial charge in [-0.05, 0) is 20.8 Å². The summed E-state index contributed by atoms with van der Waals surface area (Å²) in [6, 6.07) is 0. The van der Waals surface area contributed by atoms with Gasteiger partial charge in [0, 0.05) is 19.6 Å². The molecule has 1 aliphatic heterocycles. The second-order valence-electron chi connectivity index (χ2n) is 4.95. The molecule has 4 nitrogen and oxygen atoms in total. The molecule has 15 heavy (non-hydrogen) atoms. The van der Waals surface area contributed by atoms with Gasteiger partial charge in [-0.2, -0.15) is 0 Å². The van der Waals surface area contributed by atoms with Crippen LogP contribution < -0.4 is 0 Å². The zero-order chi connectivity index (χ0) is 11.3. The molecule has 1 unspecified atom stereocenters. The van der Waals surface area contributed by atoms with Crippen molar-refractivity contribution in [2.75, 3.05) is 39.5 Å². The number of ether oxygens (including phenoxy) is 2. The van der Waals surface area contributed by atoms with Gasteiger partial charge < -0.3 is 14.6 Å². The SMILES string of the molecule is CC(C)(C)OC(CO)CN1CCOCC1. The molecule has 90 valence electrons. The van der Waals surface area contributed by atoms with Crippen molar-refractivity contribution in [2.45, 2.75) is 32.5 Å². The smallest absolute Gasteiger partial charge is 0.0939 e. The molecular formula is C11H23NO3. The third kappa shape index (κ3) is 5.47. The van der Waals surface area contributed by atoms with Crippen molar-refractivity contribution in [1.82, 2.24) is 4.90 Å². The van der Waals surface area contributed by atoms with Crippen LogP contribution in [-0.4, -0.2) is 61.2 Å². The van der Waals surface area contributed by atoms with Gasteiger partial charge in [-0.1, -0.05) is 0 Å². The summed E-state index contributed by atoms with van der Waals surface area (Å²) in [4.78, 5) is 2.27. The van der Waals surface area contributed by atoms with Gasteiger partial charge in [-0.15, -0.1) is 0 Å². The monoisotopic (exact) mass is 217 g/mol. The van der Waals surface area contributed by atoms with Crippen molar-refractivity contribution in [3.05, 3.63) is 0 Å². The number of aliphatic hydroxyl groups is 1. The molecule has 1 saturated heterocycles. The first kappa shape index (κ1) is 12.9. The highest BCUT2D eigenvalue weighted by Gasteiger charge is 2.21. The van der Waals surface area contributed by atoms with E-state index >= 15 is 0 Å². The van der Waals surface area contributed by atoms with Crippen LogP contribution in [0.1, 0.15) is 20.8 Å². The van der Waals surface area contributed by atoms with Gasteiger partial charge in [0.1, 0.15) is 0 Å². The Hall–Kier alpha value is -0.160. The van der Waals surface area contributed by atoms with Crippen LogP contribution in [0.3, 0.4) is 0 Å². The predicted octanol–water partition coefficient (Wildman–Crippen LogP) is 0.495. The Labute approximate surface area is 92.2 Å². The predicted molar refractivity (Wildman–Crippen MR) is 59.0 cm³/mol. The minimum atomic E-state index is -0.195. The van der Waals surface area contributed by atoms with Crippen LogP contribution in [0.4, 0.5) is 0 Å². The van der Waals surface area contributed by atoms with Crippen LogP contribution in [0.2, 0.25) is 0 Å². The van der Waals surface area contributed by atoms with Crippen molar-refractivity contribution in [1.29, 1.82) is 0 Å². The van der Waals surface area contributed by atoms with E-state index in [1.807, 2.05) is 20.8 Å². The average Bonchev–Trinajstić information content (AvgIpc) is 2.16. The van der Waals surface area contributed by atoms with E-state index in [1.54, 1.807) is 0 Å². The first-order valence-electron chi connectivity index (χ1n) is 5.60. The highest BCUT2D eigenvalue weighted by Crippen LogP contribution is 2.12. The number of rotatable bonds is 4. The fourth-order valence-electron chi connectivity index (χ4n) is 1.70. The number of aliphatic hydroxyl groups excluding tert-OH is 1. The van der Waals surface area contributed by atoms with E-state index < -0.39 is 0 Å². The van der Waals surface area contributed by atoms with Crippen LogP contribution in [-0.2, 0) is 9.47 Å². The number of morpholine rings is 1. The Kier molecular flexibility index (Phi) is 4.99. The highest BCUT2D eigenvalue weighted by molar-refractivity contribution is 4.71. The van der Waals surface area contributed by atoms with Crippen LogP contribution in [0.25, 0.3) is 0 Å². The van der Waals surface area contributed by atoms with Gasteiger partial charge in [0.05, 0.1) is 31.5 Å². The molecule has 0 aromatic rings. The lowest BCUT2D eigenvalue weighted by Gasteiger charge is -2.33. The topological polar surface area (TPSA) is 41.9 Å². The van der Waals surface area contributed by atoms with Gasteiger partial charge in [0.25, 0.3) is 0 Å². The minimum Gasteiger partial charge on any atom is -0.394 e. The third-order valence-electron chi connectivity index (χ3n) is 2.29. The maximum Gasteiger partial charge on any atom is 0.0939 e. The first-order chi connectivity index (χ1) is 7.01. The molecule has 0 amide bonds. The molecule has 0 spiro atoms. The zero-order valence-corrected chi connectivity index (χ0v) is 10.0. The lowest BCUT2D eigenvalue weighted by molar-refractivity contribution is -0.0976. The van der Waals surface area contributed by atoms with E-state index in [9.17, 15) is 5.11 Å². The van der Waals surface area contributed by atoms with E-state index in [-0.39, 0.29) is 18.3 Å². The molecule has 1 atom stereocenters. The molecule has 0 bridgehead atoms. The van der Waals surface area contributed by atoms with Crippen molar-refractivity contribution >= 4 is 0 Å². The Bertz CT molecular complexity index is 173. The summed E-state index contributed by atoms with van der Waals surface area (Å²) < 4.78 is 11.0. The maximum absolute atomic E-state index is 9.24. The van der Waals surface area contributed by atoms with Crippen LogP contribution in [0.15, 0.2) is 0 Å². The fourth-order valence-corrected chi connectivity index (χ4v) is 1.70. The Morgan fingerprint density at radius 3 is 2.40 bits per heavy atom. The molecule has 0 saturated carbocycles. The zero-order valence-electron chi connectivity index (χ0n) is 10.0. The summed E-state index contributed by atoms with van der Waals surface area (Å²) >= 11 is 0. The largest absolute Gasteiger partial charge is 0.394 e. The van der Waals surface area contributed by atoms with Gasteiger partial charge in [-0.25, -0.2) is 0 Å². The van der Waals surface area contributed by atoms with Gasteiger partial charge in [-0.3, -0.25) is 4.90 Å². The maximum atomic E-state index is 9.24. The number of hydrogen-bond acceptors (Lipinski definition) is 4. The van der Waals surface area contributed by atoms with Crippen LogP contribution in [0, 0.1) is 0 Å². The summed E-state index contributed by atoms with van der Waals surface area (Å²) in [5.41, 5.74) is -0.195. The standard InChI is InChI=1S/C11H23NO3/c1-11(2,3)15-10(9-13)8-12-4-6-14-7-5-12/h10,13H,4-9H2,1-3H3. The number of hydrogen-bond donors (Lipinski definition) is 1. The highest BCUT2D eigenvalue weighted by atomic mass is 16.5. The Balaban J connectivity index is 2.31. The Morgan fingerprint density at radius 2 is 1.93 bits per heavy atom. The van der Waals surface area contributed by atoms with Crippen molar-refractivity contribution < 1.29 is 14.6 Å². The molecule has 1 rings (SSSR count). The van der Waals surface area contributed by atoms with E-state index in [1.165, 1.54) is 0 Å². The summed E-state index contributed by atoms with van der Waals surface area (Å²) in [5, 5.41) is 9.24. The van der Waals surface area contributed by atoms with Gasteiger partial charge in [0.2, 0.25) is 0 Å². The fraction of sp³-hybridized carbons (Fsp3) is 1.00. The summed E-state index contributed by atoms with van der Waals surface area (Å²) in [6.45, 7) is 10.3. The molecule has 0 aromatic heterocycles. The van der Waals surface area contributed by atoms with Crippen molar-refractivity contribution in [3.63, 3.8) is 0 Å². The molecule has 0 radical (unpaired) electrons. The minimum absolute atomic E-state index is 0.0780. The summed E-state index contributed by atoms with van der Waals surface area (Å²) in [6.07, 6.45) is -0.0944. The molecule has 1 fully saturated rings. The van der Waals surface area contributed by atoms with Gasteiger partial charge >= 0.3 is 0 Å². The second kappa shape index (κ2) is 5.80. The lowest BCUT2D eigenvalue weighted by Crippen LogP contribution is -2.44. The molecule has 1 N–H and O–H groups in total. The van der Waals surface area contributed by atoms with E-state index in [4.69, 9.17) is 9.47 Å². The quantitative estimate of drug-likeness (QED) is 0.744. The van der Waals surface area contributed by atoms with E-state index in [2.05, 4.69) is 4.90 Å². The van der Waals surface area contributed by atoms with Gasteiger partial charge in [0.15, 0.2) is 0 Å². The lowest BCUT2D eigenvalue weighted by atomic mass is 10.2. The summed E-state index contributed by atoms with van der Waals surface area (Å²) in [5.74, 6) is 0. The van der Waals surface area contributed by atoms with Crippen LogP contribution >= 0.6 is 0 Å². The second-order valence-corrected chi connectivity index (χ2v) is 4.95. The Morgan fingerprint density at radius 1 is 1.33 bits per heavy atom. The normalized spacial score (nSPS) is 21.6. The van der Waals surface area contributed by atoms with Crippen LogP contribution in [0.5, 0.6) is 0 Å². The summed E-state index contributed by atoms with van der Waals surface area (Å²) in [7, 11) is 0. The van der Waals surface area contributed by atoms with Crippen molar-refractivity contribution in [2.24, 2.45) is 0 Å². The van der Waals surface area contributed by atoms with E-state index in [0.717, 1.165) is 32.8 Å². The molecular weight excluding hydrogens is 194 g/mol. The molecule has 0 aliphatic carbocycles. The van der Waals surface area contributed by atoms with E-state index in [0.29, 0.717) is 0 Å². The molecule has 1 aliphatic rings. The molecule has 4 heteroatoms.